The second-order valence-electron chi connectivity index (χ2n) is 10.2. The topological polar surface area (TPSA) is 99.7 Å². The van der Waals surface area contributed by atoms with Gasteiger partial charge in [-0.3, -0.25) is 24.2 Å². The number of likely N-dealkylation sites (tertiary alicyclic amines) is 2. The highest BCUT2D eigenvalue weighted by molar-refractivity contribution is 6.03. The highest BCUT2D eigenvalue weighted by atomic mass is 16.2. The molecule has 5 rings (SSSR count). The number of nitrogens with zero attached hydrogens (tertiary/aromatic N) is 3. The third-order valence-electron chi connectivity index (χ3n) is 7.17. The number of rotatable bonds is 6. The van der Waals surface area contributed by atoms with Crippen LogP contribution in [0.1, 0.15) is 47.5 Å². The van der Waals surface area contributed by atoms with E-state index in [9.17, 15) is 19.2 Å². The van der Waals surface area contributed by atoms with E-state index in [4.69, 9.17) is 0 Å². The molecule has 2 aromatic carbocycles. The van der Waals surface area contributed by atoms with E-state index in [2.05, 4.69) is 10.3 Å². The van der Waals surface area contributed by atoms with E-state index in [0.29, 0.717) is 24.9 Å². The lowest BCUT2D eigenvalue weighted by Crippen LogP contribution is -2.53. The van der Waals surface area contributed by atoms with Crippen LogP contribution in [-0.4, -0.2) is 69.5 Å². The van der Waals surface area contributed by atoms with Gasteiger partial charge in [0.2, 0.25) is 5.91 Å². The SMILES string of the molecule is CC(C)CC(NC(=O)c1ccc2ccccc2c1)C(=O)N1CCC2C1C(=O)CN2C(=O)c1ccccn1. The summed E-state index contributed by atoms with van der Waals surface area (Å²) in [6.45, 7) is 4.28. The normalized spacial score (nSPS) is 19.8. The summed E-state index contributed by atoms with van der Waals surface area (Å²) >= 11 is 0. The molecule has 3 atom stereocenters. The Labute approximate surface area is 215 Å². The largest absolute Gasteiger partial charge is 0.340 e. The number of hydrogen-bond acceptors (Lipinski definition) is 5. The summed E-state index contributed by atoms with van der Waals surface area (Å²) in [6, 6.07) is 16.5. The molecule has 0 aliphatic carbocycles. The molecule has 0 radical (unpaired) electrons. The number of fused-ring (bicyclic) bond motifs is 2. The average Bonchev–Trinajstić information content (AvgIpc) is 3.48. The lowest BCUT2D eigenvalue weighted by Gasteiger charge is -2.29. The molecule has 2 fully saturated rings. The van der Waals surface area contributed by atoms with Crippen molar-refractivity contribution in [2.24, 2.45) is 5.92 Å². The average molecular weight is 499 g/mol. The Bertz CT molecular complexity index is 1360. The number of hydrogen-bond donors (Lipinski definition) is 1. The highest BCUT2D eigenvalue weighted by Gasteiger charge is 2.52. The molecule has 0 spiro atoms. The van der Waals surface area contributed by atoms with E-state index in [1.54, 1.807) is 35.4 Å². The molecule has 8 heteroatoms. The van der Waals surface area contributed by atoms with Gasteiger partial charge in [-0.05, 0) is 53.8 Å². The fourth-order valence-corrected chi connectivity index (χ4v) is 5.44. The number of aromatic nitrogens is 1. The van der Waals surface area contributed by atoms with Crippen LogP contribution in [0.4, 0.5) is 0 Å². The maximum absolute atomic E-state index is 13.7. The van der Waals surface area contributed by atoms with Crippen LogP contribution in [0.25, 0.3) is 10.8 Å². The van der Waals surface area contributed by atoms with Gasteiger partial charge in [-0.2, -0.15) is 0 Å². The molecule has 0 bridgehead atoms. The molecule has 3 aromatic rings. The first-order valence-electron chi connectivity index (χ1n) is 12.7. The monoisotopic (exact) mass is 498 g/mol. The maximum Gasteiger partial charge on any atom is 0.273 e. The summed E-state index contributed by atoms with van der Waals surface area (Å²) in [6.07, 6.45) is 2.49. The second-order valence-corrected chi connectivity index (χ2v) is 10.2. The van der Waals surface area contributed by atoms with Crippen LogP contribution >= 0.6 is 0 Å². The molecule has 2 aliphatic heterocycles. The number of nitrogens with one attached hydrogen (secondary N) is 1. The van der Waals surface area contributed by atoms with Gasteiger partial charge in [-0.1, -0.05) is 50.2 Å². The predicted molar refractivity (Wildman–Crippen MR) is 139 cm³/mol. The van der Waals surface area contributed by atoms with Gasteiger partial charge in [0.15, 0.2) is 5.78 Å². The third-order valence-corrected chi connectivity index (χ3v) is 7.17. The molecular weight excluding hydrogens is 468 g/mol. The van der Waals surface area contributed by atoms with E-state index in [-0.39, 0.29) is 47.7 Å². The van der Waals surface area contributed by atoms with Gasteiger partial charge in [-0.25, -0.2) is 0 Å². The molecule has 3 unspecified atom stereocenters. The minimum Gasteiger partial charge on any atom is -0.340 e. The minimum atomic E-state index is -0.772. The van der Waals surface area contributed by atoms with Crippen molar-refractivity contribution < 1.29 is 19.2 Å². The van der Waals surface area contributed by atoms with Crippen LogP contribution in [0.3, 0.4) is 0 Å². The predicted octanol–water partition coefficient (Wildman–Crippen LogP) is 3.07. The van der Waals surface area contributed by atoms with Crippen LogP contribution in [0.15, 0.2) is 66.9 Å². The van der Waals surface area contributed by atoms with E-state index < -0.39 is 12.1 Å². The van der Waals surface area contributed by atoms with Crippen molar-refractivity contribution in [3.05, 3.63) is 78.1 Å². The van der Waals surface area contributed by atoms with Crippen molar-refractivity contribution in [1.29, 1.82) is 0 Å². The van der Waals surface area contributed by atoms with Gasteiger partial charge < -0.3 is 15.1 Å². The van der Waals surface area contributed by atoms with Gasteiger partial charge >= 0.3 is 0 Å². The number of benzene rings is 2. The van der Waals surface area contributed by atoms with Crippen molar-refractivity contribution in [3.63, 3.8) is 0 Å². The summed E-state index contributed by atoms with van der Waals surface area (Å²) in [7, 11) is 0. The standard InChI is InChI=1S/C29H30N4O4/c1-18(2)15-23(31-27(35)21-11-10-19-7-3-4-8-20(19)16-21)29(37)32-14-12-24-26(32)25(34)17-33(24)28(36)22-9-5-6-13-30-22/h3-11,13,16,18,23-24,26H,12,14-15,17H2,1-2H3,(H,31,35). The Hall–Kier alpha value is -4.07. The van der Waals surface area contributed by atoms with Gasteiger partial charge in [0.25, 0.3) is 11.8 Å². The Kier molecular flexibility index (Phi) is 6.74. The summed E-state index contributed by atoms with van der Waals surface area (Å²) in [5.74, 6) is -0.935. The van der Waals surface area contributed by atoms with Crippen LogP contribution in [0.5, 0.6) is 0 Å². The maximum atomic E-state index is 13.7. The first-order chi connectivity index (χ1) is 17.8. The van der Waals surface area contributed by atoms with Gasteiger partial charge in [-0.15, -0.1) is 0 Å². The summed E-state index contributed by atoms with van der Waals surface area (Å²) in [5, 5.41) is 4.90. The van der Waals surface area contributed by atoms with Gasteiger partial charge in [0, 0.05) is 18.3 Å². The Balaban J connectivity index is 1.34. The zero-order valence-corrected chi connectivity index (χ0v) is 21.0. The van der Waals surface area contributed by atoms with Crippen LogP contribution in [0.2, 0.25) is 0 Å². The van der Waals surface area contributed by atoms with Crippen LogP contribution in [0, 0.1) is 5.92 Å². The van der Waals surface area contributed by atoms with E-state index >= 15 is 0 Å². The number of ketones is 1. The van der Waals surface area contributed by atoms with Crippen molar-refractivity contribution in [2.75, 3.05) is 13.1 Å². The lowest BCUT2D eigenvalue weighted by atomic mass is 10.0. The molecular formula is C29H30N4O4. The van der Waals surface area contributed by atoms with E-state index in [0.717, 1.165) is 10.8 Å². The zero-order valence-electron chi connectivity index (χ0n) is 21.0. The van der Waals surface area contributed by atoms with Crippen molar-refractivity contribution >= 4 is 34.3 Å². The molecule has 37 heavy (non-hydrogen) atoms. The van der Waals surface area contributed by atoms with Crippen LogP contribution in [-0.2, 0) is 9.59 Å². The van der Waals surface area contributed by atoms with Gasteiger partial charge in [0.05, 0.1) is 12.6 Å². The summed E-state index contributed by atoms with van der Waals surface area (Å²) < 4.78 is 0. The first kappa shape index (κ1) is 24.6. The minimum absolute atomic E-state index is 0.0488. The van der Waals surface area contributed by atoms with Crippen molar-refractivity contribution in [3.8, 4) is 0 Å². The van der Waals surface area contributed by atoms with Crippen molar-refractivity contribution in [1.82, 2.24) is 20.1 Å². The number of Topliss-reactive ketones (excluding diaryl/α,β-unsaturated/α-hetero) is 1. The Morgan fingerprint density at radius 1 is 1.00 bits per heavy atom. The summed E-state index contributed by atoms with van der Waals surface area (Å²) in [4.78, 5) is 60.2. The Morgan fingerprint density at radius 3 is 2.49 bits per heavy atom. The van der Waals surface area contributed by atoms with E-state index in [1.807, 2.05) is 50.2 Å². The second kappa shape index (κ2) is 10.1. The smallest absolute Gasteiger partial charge is 0.273 e. The molecule has 0 saturated carbocycles. The molecule has 8 nitrogen and oxygen atoms in total. The van der Waals surface area contributed by atoms with E-state index in [1.165, 1.54) is 4.90 Å². The van der Waals surface area contributed by atoms with Crippen molar-refractivity contribution in [2.45, 2.75) is 44.8 Å². The first-order valence-corrected chi connectivity index (χ1v) is 12.7. The molecule has 2 saturated heterocycles. The molecule has 190 valence electrons. The molecule has 3 amide bonds. The van der Waals surface area contributed by atoms with Gasteiger partial charge in [0.1, 0.15) is 17.8 Å². The quantitative estimate of drug-likeness (QED) is 0.563. The van der Waals surface area contributed by atoms with Crippen LogP contribution < -0.4 is 5.32 Å². The lowest BCUT2D eigenvalue weighted by molar-refractivity contribution is -0.138. The molecule has 3 heterocycles. The number of amides is 3. The molecule has 1 aromatic heterocycles. The molecule has 2 aliphatic rings. The zero-order chi connectivity index (χ0) is 26.1. The highest BCUT2D eigenvalue weighted by Crippen LogP contribution is 2.31. The third kappa shape index (κ3) is 4.83. The fourth-order valence-electron chi connectivity index (χ4n) is 5.44. The fraction of sp³-hybridized carbons (Fsp3) is 0.345. The number of pyridine rings is 1. The number of carbonyl (C=O) groups is 4. The number of carbonyl (C=O) groups excluding carboxylic acids is 4. The summed E-state index contributed by atoms with van der Waals surface area (Å²) in [5.41, 5.74) is 0.754. The molecule has 1 N–H and O–H groups in total. The Morgan fingerprint density at radius 2 is 1.76 bits per heavy atom.